The van der Waals surface area contributed by atoms with Gasteiger partial charge in [0, 0.05) is 0 Å². The molecule has 0 saturated carbocycles. The van der Waals surface area contributed by atoms with Crippen molar-refractivity contribution in [2.24, 2.45) is 0 Å². The summed E-state index contributed by atoms with van der Waals surface area (Å²) < 4.78 is 51.4. The van der Waals surface area contributed by atoms with E-state index in [9.17, 15) is 21.5 Å². The molecule has 21 heavy (non-hydrogen) atoms. The van der Waals surface area contributed by atoms with Gasteiger partial charge in [0.15, 0.2) is 9.79 Å². The molecule has 0 fully saturated rings. The first-order valence-electron chi connectivity index (χ1n) is 5.92. The van der Waals surface area contributed by atoms with Crippen LogP contribution in [-0.2, 0) is 21.7 Å². The first-order valence-corrected chi connectivity index (χ1v) is 8.70. The molecule has 0 unspecified atom stereocenters. The summed E-state index contributed by atoms with van der Waals surface area (Å²) in [6.07, 6.45) is 2.20. The molecule has 112 valence electrons. The molecule has 8 heteroatoms. The molecule has 1 aliphatic rings. The van der Waals surface area contributed by atoms with Gasteiger partial charge in [0.05, 0.1) is 31.5 Å². The fraction of sp³-hybridized carbons (Fsp3) is 0.0769. The fourth-order valence-electron chi connectivity index (χ4n) is 1.95. The number of hydrogen-bond donors (Lipinski definition) is 0. The minimum atomic E-state index is -6.00. The lowest BCUT2D eigenvalue weighted by Gasteiger charge is -2.16. The van der Waals surface area contributed by atoms with Crippen molar-refractivity contribution in [1.82, 2.24) is 0 Å². The Morgan fingerprint density at radius 3 is 1.57 bits per heavy atom. The van der Waals surface area contributed by atoms with Crippen LogP contribution in [0, 0.1) is 0 Å². The van der Waals surface area contributed by atoms with Gasteiger partial charge < -0.3 is 17.3 Å². The van der Waals surface area contributed by atoms with Gasteiger partial charge in [0.25, 0.3) is 0 Å². The molecule has 0 bridgehead atoms. The van der Waals surface area contributed by atoms with E-state index >= 15 is 0 Å². The van der Waals surface area contributed by atoms with Gasteiger partial charge in [-0.3, -0.25) is 0 Å². The molecule has 0 N–H and O–H groups in total. The van der Waals surface area contributed by atoms with Crippen molar-refractivity contribution < 1.29 is 21.5 Å². The molecule has 0 saturated heterocycles. The van der Waals surface area contributed by atoms with Gasteiger partial charge in [0.2, 0.25) is 0 Å². The van der Waals surface area contributed by atoms with Crippen LogP contribution in [-0.4, -0.2) is 17.7 Å². The van der Waals surface area contributed by atoms with E-state index in [4.69, 9.17) is 0 Å². The summed E-state index contributed by atoms with van der Waals surface area (Å²) in [4.78, 5) is 4.40. The second-order valence-corrected chi connectivity index (χ2v) is 7.48. The fourth-order valence-corrected chi connectivity index (χ4v) is 5.84. The maximum absolute atomic E-state index is 12.4. The third-order valence-corrected chi connectivity index (χ3v) is 6.56. The van der Waals surface area contributed by atoms with Crippen molar-refractivity contribution in [1.29, 1.82) is 0 Å². The summed E-state index contributed by atoms with van der Waals surface area (Å²) in [5, 5.41) is 0. The van der Waals surface area contributed by atoms with Gasteiger partial charge in [-0.25, -0.2) is 4.21 Å². The second-order valence-electron chi connectivity index (χ2n) is 4.17. The van der Waals surface area contributed by atoms with E-state index in [0.29, 0.717) is 0 Å². The summed E-state index contributed by atoms with van der Waals surface area (Å²) in [6, 6.07) is 16.1. The van der Waals surface area contributed by atoms with Crippen LogP contribution in [0.2, 0.25) is 0 Å². The third-order valence-electron chi connectivity index (χ3n) is 2.76. The first-order chi connectivity index (χ1) is 9.79. The molecule has 1 aliphatic heterocycles. The Morgan fingerprint density at radius 2 is 1.19 bits per heavy atom. The third kappa shape index (κ3) is 3.88. The largest absolute Gasteiger partial charge is 0.673 e. The monoisotopic (exact) mass is 334 g/mol. The van der Waals surface area contributed by atoms with Gasteiger partial charge in [-0.15, -0.1) is 0 Å². The van der Waals surface area contributed by atoms with Crippen LogP contribution in [0.4, 0.5) is 17.3 Å². The molecule has 2 aromatic rings. The number of benzene rings is 2. The van der Waals surface area contributed by atoms with Crippen LogP contribution >= 0.6 is 0 Å². The molecular formula is C13H11BF4OS2. The van der Waals surface area contributed by atoms with E-state index in [1.807, 2.05) is 36.4 Å². The molecule has 0 radical (unpaired) electrons. The zero-order valence-electron chi connectivity index (χ0n) is 10.9. The molecule has 3 rings (SSSR count). The number of halogens is 4. The maximum atomic E-state index is 12.4. The van der Waals surface area contributed by atoms with Gasteiger partial charge in [-0.1, -0.05) is 24.3 Å². The number of hydrogen-bond acceptors (Lipinski definition) is 1. The van der Waals surface area contributed by atoms with E-state index in [-0.39, 0.29) is 10.9 Å². The quantitative estimate of drug-likeness (QED) is 0.402. The van der Waals surface area contributed by atoms with Gasteiger partial charge >= 0.3 is 7.25 Å². The molecule has 0 amide bonds. The van der Waals surface area contributed by atoms with E-state index < -0.39 is 18.1 Å². The summed E-state index contributed by atoms with van der Waals surface area (Å²) in [6.45, 7) is 0. The molecule has 0 spiro atoms. The van der Waals surface area contributed by atoms with Crippen LogP contribution in [0.3, 0.4) is 0 Å². The lowest BCUT2D eigenvalue weighted by molar-refractivity contribution is 0.368. The lowest BCUT2D eigenvalue weighted by atomic mass is 10.3. The Morgan fingerprint density at radius 1 is 0.857 bits per heavy atom. The number of fused-ring (bicyclic) bond motifs is 2. The van der Waals surface area contributed by atoms with E-state index in [1.165, 1.54) is 9.79 Å². The van der Waals surface area contributed by atoms with Crippen LogP contribution < -0.4 is 0 Å². The highest BCUT2D eigenvalue weighted by Crippen LogP contribution is 2.37. The molecule has 2 aromatic carbocycles. The highest BCUT2D eigenvalue weighted by Gasteiger charge is 2.35. The van der Waals surface area contributed by atoms with E-state index in [2.05, 4.69) is 18.4 Å². The molecule has 0 aliphatic carbocycles. The summed E-state index contributed by atoms with van der Waals surface area (Å²) in [5.74, 6) is 0. The Hall–Kier alpha value is -1.28. The normalized spacial score (nSPS) is 19.9. The van der Waals surface area contributed by atoms with E-state index in [1.54, 1.807) is 0 Å². The highest BCUT2D eigenvalue weighted by molar-refractivity contribution is 7.98. The molecule has 1 nitrogen and oxygen atoms in total. The zero-order valence-corrected chi connectivity index (χ0v) is 12.6. The Bertz CT molecular complexity index is 620. The SMILES string of the molecule is C[S+]1c2ccccc2S(=O)c2ccccc21.F[B-](F)(F)F. The lowest BCUT2D eigenvalue weighted by Crippen LogP contribution is -2.14. The maximum Gasteiger partial charge on any atom is 0.673 e. The Labute approximate surface area is 125 Å². The van der Waals surface area contributed by atoms with Gasteiger partial charge in [-0.05, 0) is 24.3 Å². The Kier molecular flexibility index (Phi) is 4.78. The molecule has 0 aromatic heterocycles. The molecule has 1 heterocycles. The molecular weight excluding hydrogens is 323 g/mol. The standard InChI is InChI=1S/C13H11OS2.BF4/c1-15-10-6-2-4-8-12(10)16(14)13-9-5-3-7-11(13)15;2-1(3,4)5/h2-9H,1H3;/q+1;-1. The van der Waals surface area contributed by atoms with Crippen LogP contribution in [0.15, 0.2) is 68.1 Å². The van der Waals surface area contributed by atoms with Crippen LogP contribution in [0.1, 0.15) is 0 Å². The van der Waals surface area contributed by atoms with Crippen molar-refractivity contribution in [2.75, 3.05) is 6.26 Å². The number of rotatable bonds is 0. The van der Waals surface area contributed by atoms with Crippen LogP contribution in [0.25, 0.3) is 0 Å². The summed E-state index contributed by atoms with van der Waals surface area (Å²) in [7, 11) is -6.96. The van der Waals surface area contributed by atoms with Crippen molar-refractivity contribution in [3.05, 3.63) is 48.5 Å². The minimum absolute atomic E-state index is 0.0462. The summed E-state index contributed by atoms with van der Waals surface area (Å²) >= 11 is 0. The summed E-state index contributed by atoms with van der Waals surface area (Å²) in [5.41, 5.74) is 0. The average Bonchev–Trinajstić information content (AvgIpc) is 2.43. The second kappa shape index (κ2) is 6.23. The van der Waals surface area contributed by atoms with Crippen LogP contribution in [0.5, 0.6) is 0 Å². The van der Waals surface area contributed by atoms with Crippen molar-refractivity contribution in [3.63, 3.8) is 0 Å². The first kappa shape index (κ1) is 16.1. The van der Waals surface area contributed by atoms with Crippen molar-refractivity contribution >= 4 is 28.9 Å². The van der Waals surface area contributed by atoms with Crippen molar-refractivity contribution in [2.45, 2.75) is 19.6 Å². The van der Waals surface area contributed by atoms with Crippen molar-refractivity contribution in [3.8, 4) is 0 Å². The van der Waals surface area contributed by atoms with Gasteiger partial charge in [-0.2, -0.15) is 0 Å². The van der Waals surface area contributed by atoms with E-state index in [0.717, 1.165) is 9.79 Å². The zero-order chi connectivity index (χ0) is 15.6. The predicted octanol–water partition coefficient (Wildman–Crippen LogP) is 4.13. The molecule has 0 atom stereocenters. The Balaban J connectivity index is 0.000000282. The van der Waals surface area contributed by atoms with Gasteiger partial charge in [0.1, 0.15) is 6.26 Å². The average molecular weight is 334 g/mol. The highest BCUT2D eigenvalue weighted by atomic mass is 32.2. The predicted molar refractivity (Wildman–Crippen MR) is 77.6 cm³/mol. The smallest absolute Gasteiger partial charge is 0.418 e. The minimum Gasteiger partial charge on any atom is -0.418 e. The topological polar surface area (TPSA) is 17.1 Å².